The molecule has 0 heterocycles. The summed E-state index contributed by atoms with van der Waals surface area (Å²) in [6, 6.07) is 2.14. The van der Waals surface area contributed by atoms with Gasteiger partial charge in [0, 0.05) is 24.6 Å². The minimum absolute atomic E-state index is 0.0513. The van der Waals surface area contributed by atoms with Gasteiger partial charge >= 0.3 is 0 Å². The van der Waals surface area contributed by atoms with Crippen LogP contribution in [0.4, 0.5) is 0 Å². The van der Waals surface area contributed by atoms with Gasteiger partial charge in [0.25, 0.3) is 5.91 Å². The zero-order chi connectivity index (χ0) is 30.0. The van der Waals surface area contributed by atoms with Crippen molar-refractivity contribution in [2.24, 2.45) is 17.6 Å². The summed E-state index contributed by atoms with van der Waals surface area (Å²) in [5.74, 6) is -6.59. The van der Waals surface area contributed by atoms with Crippen LogP contribution in [0.5, 0.6) is 5.75 Å². The van der Waals surface area contributed by atoms with Crippen molar-refractivity contribution in [3.8, 4) is 5.75 Å². The largest absolute Gasteiger partial charge is 0.508 e. The van der Waals surface area contributed by atoms with Crippen LogP contribution in [-0.2, 0) is 20.8 Å². The Morgan fingerprint density at radius 1 is 1.17 bits per heavy atom. The number of hydrogen-bond donors (Lipinski definition) is 5. The lowest BCUT2D eigenvalue weighted by atomic mass is 9.57. The summed E-state index contributed by atoms with van der Waals surface area (Å²) in [6.07, 6.45) is 6.89. The second kappa shape index (κ2) is 10.1. The Morgan fingerprint density at radius 3 is 2.51 bits per heavy atom. The number of nitrogens with two attached hydrogens (primary N) is 1. The number of aliphatic hydroxyl groups is 3. The molecule has 0 aromatic heterocycles. The van der Waals surface area contributed by atoms with Crippen molar-refractivity contribution in [3.63, 3.8) is 0 Å². The van der Waals surface area contributed by atoms with E-state index < -0.39 is 58.0 Å². The molecule has 1 saturated carbocycles. The van der Waals surface area contributed by atoms with Crippen LogP contribution in [0.15, 0.2) is 59.4 Å². The van der Waals surface area contributed by atoms with Gasteiger partial charge in [0.15, 0.2) is 11.4 Å². The van der Waals surface area contributed by atoms with Gasteiger partial charge in [-0.05, 0) is 69.1 Å². The quantitative estimate of drug-likeness (QED) is 0.247. The lowest BCUT2D eigenvalue weighted by Crippen LogP contribution is -2.65. The molecule has 0 spiro atoms. The minimum Gasteiger partial charge on any atom is -0.508 e. The Bertz CT molecular complexity index is 1520. The van der Waals surface area contributed by atoms with Gasteiger partial charge in [-0.3, -0.25) is 24.2 Å². The van der Waals surface area contributed by atoms with Gasteiger partial charge in [0.2, 0.25) is 5.78 Å². The van der Waals surface area contributed by atoms with Crippen molar-refractivity contribution < 1.29 is 34.8 Å². The zero-order valence-electron chi connectivity index (χ0n) is 23.3. The molecular weight excluding hydrogens is 526 g/mol. The van der Waals surface area contributed by atoms with E-state index in [4.69, 9.17) is 5.73 Å². The highest BCUT2D eigenvalue weighted by atomic mass is 16.3. The molecule has 4 aliphatic rings. The molecule has 0 saturated heterocycles. The fourth-order valence-corrected chi connectivity index (χ4v) is 7.05. The number of likely N-dealkylation sites (N-methyl/N-ethyl adjacent to an activating group) is 2. The molecule has 10 nitrogen and oxygen atoms in total. The smallest absolute Gasteiger partial charge is 0.255 e. The minimum atomic E-state index is -2.65. The first-order valence-corrected chi connectivity index (χ1v) is 13.5. The number of hydrogen-bond acceptors (Lipinski definition) is 9. The zero-order valence-corrected chi connectivity index (χ0v) is 23.3. The average Bonchev–Trinajstić information content (AvgIpc) is 3.34. The lowest BCUT2D eigenvalue weighted by Gasteiger charge is -2.50. The van der Waals surface area contributed by atoms with Crippen molar-refractivity contribution in [2.45, 2.75) is 30.9 Å². The monoisotopic (exact) mass is 561 g/mol. The van der Waals surface area contributed by atoms with E-state index >= 15 is 0 Å². The first-order valence-electron chi connectivity index (χ1n) is 13.5. The molecule has 4 atom stereocenters. The summed E-state index contributed by atoms with van der Waals surface area (Å²) < 4.78 is 0. The van der Waals surface area contributed by atoms with Crippen molar-refractivity contribution in [1.82, 2.24) is 9.80 Å². The van der Waals surface area contributed by atoms with Crippen LogP contribution in [0, 0.1) is 11.8 Å². The van der Waals surface area contributed by atoms with E-state index in [2.05, 4.69) is 17.6 Å². The molecule has 1 amide bonds. The van der Waals surface area contributed by atoms with Crippen LogP contribution in [0.2, 0.25) is 0 Å². The lowest BCUT2D eigenvalue weighted by molar-refractivity contribution is -0.153. The maximum absolute atomic E-state index is 14.0. The number of primary amides is 1. The molecule has 1 aromatic rings. The van der Waals surface area contributed by atoms with Gasteiger partial charge < -0.3 is 26.2 Å². The molecule has 6 N–H and O–H groups in total. The van der Waals surface area contributed by atoms with Crippen LogP contribution < -0.4 is 5.73 Å². The Hall–Kier alpha value is -3.99. The summed E-state index contributed by atoms with van der Waals surface area (Å²) >= 11 is 0. The number of benzene rings is 1. The number of carbonyl (C=O) groups is 3. The van der Waals surface area contributed by atoms with Crippen molar-refractivity contribution >= 4 is 28.8 Å². The van der Waals surface area contributed by atoms with Gasteiger partial charge in [0.05, 0.1) is 11.6 Å². The van der Waals surface area contributed by atoms with Crippen LogP contribution in [0.3, 0.4) is 0 Å². The molecular formula is C31H35N3O7. The summed E-state index contributed by atoms with van der Waals surface area (Å²) in [5.41, 5.74) is 5.53. The predicted molar refractivity (Wildman–Crippen MR) is 153 cm³/mol. The highest BCUT2D eigenvalue weighted by Crippen LogP contribution is 2.53. The SMILES string of the molecule is C=CCN(C)CC1=CC=C(c2ccc(O)c3c2C[C@H]2C[C@H]4[C@H](N(C)C)C(=O)C(C(N)=O)=C(O)[C@@]4(O)C(=O)C2=C3O)C1. The Morgan fingerprint density at radius 2 is 1.88 bits per heavy atom. The number of phenols is 1. The first-order chi connectivity index (χ1) is 19.3. The second-order valence-electron chi connectivity index (χ2n) is 11.6. The van der Waals surface area contributed by atoms with E-state index in [1.54, 1.807) is 20.2 Å². The number of phenolic OH excluding ortho intramolecular Hbond substituents is 1. The van der Waals surface area contributed by atoms with Crippen molar-refractivity contribution in [3.05, 3.63) is 76.1 Å². The fraction of sp³-hybridized carbons (Fsp3) is 0.387. The van der Waals surface area contributed by atoms with Crippen LogP contribution in [0.1, 0.15) is 29.5 Å². The number of aromatic hydroxyl groups is 1. The molecule has 0 radical (unpaired) electrons. The maximum atomic E-state index is 14.0. The summed E-state index contributed by atoms with van der Waals surface area (Å²) in [7, 11) is 5.16. The number of Topliss-reactive ketones (excluding diaryl/α,β-unsaturated/α-hetero) is 2. The Kier molecular flexibility index (Phi) is 7.05. The third-order valence-electron chi connectivity index (χ3n) is 8.80. The summed E-state index contributed by atoms with van der Waals surface area (Å²) in [6.45, 7) is 5.28. The van der Waals surface area contributed by atoms with Gasteiger partial charge in [-0.1, -0.05) is 29.9 Å². The highest BCUT2D eigenvalue weighted by Gasteiger charge is 2.64. The Labute approximate surface area is 238 Å². The molecule has 216 valence electrons. The molecule has 1 fully saturated rings. The molecule has 1 aromatic carbocycles. The Balaban J connectivity index is 1.59. The van der Waals surface area contributed by atoms with E-state index in [-0.39, 0.29) is 29.7 Å². The highest BCUT2D eigenvalue weighted by molar-refractivity contribution is 6.24. The molecule has 0 unspecified atom stereocenters. The number of ketones is 2. The van der Waals surface area contributed by atoms with Crippen LogP contribution in [-0.4, -0.2) is 93.6 Å². The number of amides is 1. The standard InChI is InChI=1S/C31H35N3O7/c1-5-10-34(4)14-15-6-7-16(11-15)18-8-9-21(35)23-19(18)12-17-13-20-25(33(2)3)27(37)24(30(32)40)29(39)31(20,41)28(38)22(17)26(23)36/h5-9,17,20,25,35-36,39,41H,1,10-14H2,2-4H3,(H2,32,40)/t17-,20-,25-,31-/m0/s1. The number of fused-ring (bicyclic) bond motifs is 3. The van der Waals surface area contributed by atoms with E-state index in [0.717, 1.165) is 24.2 Å². The maximum Gasteiger partial charge on any atom is 0.255 e. The van der Waals surface area contributed by atoms with E-state index in [1.165, 1.54) is 16.5 Å². The summed E-state index contributed by atoms with van der Waals surface area (Å²) in [5, 5.41) is 45.0. The second-order valence-corrected chi connectivity index (χ2v) is 11.6. The first kappa shape index (κ1) is 28.5. The number of allylic oxidation sites excluding steroid dienone is 3. The number of rotatable bonds is 7. The number of carbonyl (C=O) groups excluding carboxylic acids is 3. The van der Waals surface area contributed by atoms with Crippen molar-refractivity contribution in [1.29, 1.82) is 0 Å². The predicted octanol–water partition coefficient (Wildman–Crippen LogP) is 1.80. The van der Waals surface area contributed by atoms with Crippen molar-refractivity contribution in [2.75, 3.05) is 34.2 Å². The van der Waals surface area contributed by atoms with Crippen LogP contribution in [0.25, 0.3) is 11.3 Å². The van der Waals surface area contributed by atoms with Gasteiger partial charge in [-0.15, -0.1) is 6.58 Å². The van der Waals surface area contributed by atoms with Crippen LogP contribution >= 0.6 is 0 Å². The third-order valence-corrected chi connectivity index (χ3v) is 8.80. The molecule has 41 heavy (non-hydrogen) atoms. The molecule has 4 aliphatic carbocycles. The molecule has 0 bridgehead atoms. The third kappa shape index (κ3) is 4.25. The fourth-order valence-electron chi connectivity index (χ4n) is 7.05. The van der Waals surface area contributed by atoms with E-state index in [1.807, 2.05) is 19.2 Å². The average molecular weight is 562 g/mol. The van der Waals surface area contributed by atoms with E-state index in [0.29, 0.717) is 12.0 Å². The molecule has 0 aliphatic heterocycles. The van der Waals surface area contributed by atoms with E-state index in [9.17, 15) is 34.8 Å². The summed E-state index contributed by atoms with van der Waals surface area (Å²) in [4.78, 5) is 43.0. The molecule has 10 heteroatoms. The number of aliphatic hydroxyl groups excluding tert-OH is 2. The van der Waals surface area contributed by atoms with Gasteiger partial charge in [0.1, 0.15) is 22.8 Å². The number of nitrogens with zero attached hydrogens (tertiary/aromatic N) is 2. The topological polar surface area (TPSA) is 165 Å². The molecule has 5 rings (SSSR count). The van der Waals surface area contributed by atoms with Gasteiger partial charge in [-0.2, -0.15) is 0 Å². The normalized spacial score (nSPS) is 27.5. The van der Waals surface area contributed by atoms with Gasteiger partial charge in [-0.25, -0.2) is 0 Å².